The third kappa shape index (κ3) is 4.12. The minimum absolute atomic E-state index is 0.115. The zero-order valence-corrected chi connectivity index (χ0v) is 17.2. The van der Waals surface area contributed by atoms with E-state index in [0.29, 0.717) is 31.6 Å². The Labute approximate surface area is 168 Å². The fraction of sp³-hybridized carbons (Fsp3) is 0.158. The van der Waals surface area contributed by atoms with Crippen molar-refractivity contribution in [3.63, 3.8) is 0 Å². The highest BCUT2D eigenvalue weighted by Gasteiger charge is 2.18. The van der Waals surface area contributed by atoms with Crippen LogP contribution in [0, 0.1) is 12.7 Å². The zero-order chi connectivity index (χ0) is 19.6. The monoisotopic (exact) mass is 450 g/mol. The summed E-state index contributed by atoms with van der Waals surface area (Å²) < 4.78 is 25.1. The molecule has 0 radical (unpaired) electrons. The maximum Gasteiger partial charge on any atom is 0.267 e. The lowest BCUT2D eigenvalue weighted by molar-refractivity contribution is 0.102. The lowest BCUT2D eigenvalue weighted by Crippen LogP contribution is -2.12. The molecule has 140 valence electrons. The molecule has 1 heterocycles. The molecule has 0 saturated heterocycles. The average Bonchev–Trinajstić information content (AvgIpc) is 3.05. The first-order valence-electron chi connectivity index (χ1n) is 7.89. The Kier molecular flexibility index (Phi) is 5.76. The first-order chi connectivity index (χ1) is 12.9. The van der Waals surface area contributed by atoms with Gasteiger partial charge < -0.3 is 14.8 Å². The van der Waals surface area contributed by atoms with Gasteiger partial charge in [-0.3, -0.25) is 4.79 Å². The number of nitrogens with zero attached hydrogens (tertiary/aromatic N) is 1. The molecule has 0 fully saturated rings. The molecule has 0 atom stereocenters. The van der Waals surface area contributed by atoms with Crippen LogP contribution in [0.4, 0.5) is 10.1 Å². The number of thiazole rings is 1. The van der Waals surface area contributed by atoms with E-state index in [9.17, 15) is 9.18 Å². The number of anilines is 1. The van der Waals surface area contributed by atoms with Crippen LogP contribution in [0.25, 0.3) is 10.6 Å². The molecular formula is C19H16BrFN2O3S. The summed E-state index contributed by atoms with van der Waals surface area (Å²) in [7, 11) is 3.12. The van der Waals surface area contributed by atoms with Crippen LogP contribution in [-0.2, 0) is 0 Å². The lowest BCUT2D eigenvalue weighted by Gasteiger charge is -2.08. The number of aromatic nitrogens is 1. The SMILES string of the molecule is COc1ccc(-c2nc(C)c(C(=O)Nc3ccc(Br)cc3F)s2)cc1OC. The first-order valence-corrected chi connectivity index (χ1v) is 9.50. The molecule has 0 aliphatic rings. The Morgan fingerprint density at radius 1 is 1.15 bits per heavy atom. The molecule has 27 heavy (non-hydrogen) atoms. The van der Waals surface area contributed by atoms with E-state index >= 15 is 0 Å². The molecule has 3 rings (SSSR count). The first kappa shape index (κ1) is 19.3. The van der Waals surface area contributed by atoms with E-state index < -0.39 is 11.7 Å². The Bertz CT molecular complexity index is 1010. The number of carbonyl (C=O) groups is 1. The van der Waals surface area contributed by atoms with Crippen molar-refractivity contribution in [3.8, 4) is 22.1 Å². The number of rotatable bonds is 5. The van der Waals surface area contributed by atoms with Crippen molar-refractivity contribution in [3.05, 3.63) is 57.3 Å². The van der Waals surface area contributed by atoms with Crippen molar-refractivity contribution in [1.82, 2.24) is 4.98 Å². The predicted molar refractivity (Wildman–Crippen MR) is 107 cm³/mol. The molecule has 3 aromatic rings. The van der Waals surface area contributed by atoms with Gasteiger partial charge in [-0.2, -0.15) is 0 Å². The Balaban J connectivity index is 1.89. The van der Waals surface area contributed by atoms with Crippen molar-refractivity contribution < 1.29 is 18.7 Å². The Morgan fingerprint density at radius 3 is 2.56 bits per heavy atom. The number of amides is 1. The van der Waals surface area contributed by atoms with E-state index in [2.05, 4.69) is 26.2 Å². The van der Waals surface area contributed by atoms with Crippen LogP contribution in [0.15, 0.2) is 40.9 Å². The fourth-order valence-corrected chi connectivity index (χ4v) is 3.76. The number of halogens is 2. The van der Waals surface area contributed by atoms with Gasteiger partial charge in [-0.05, 0) is 43.3 Å². The number of nitrogens with one attached hydrogen (secondary N) is 1. The minimum Gasteiger partial charge on any atom is -0.493 e. The molecule has 0 bridgehead atoms. The Hall–Kier alpha value is -2.45. The van der Waals surface area contributed by atoms with E-state index in [1.165, 1.54) is 23.5 Å². The lowest BCUT2D eigenvalue weighted by atomic mass is 10.2. The summed E-state index contributed by atoms with van der Waals surface area (Å²) >= 11 is 4.42. The fourth-order valence-electron chi connectivity index (χ4n) is 2.47. The summed E-state index contributed by atoms with van der Waals surface area (Å²) in [6.07, 6.45) is 0. The molecule has 0 aliphatic heterocycles. The van der Waals surface area contributed by atoms with Gasteiger partial charge in [-0.1, -0.05) is 15.9 Å². The van der Waals surface area contributed by atoms with E-state index in [-0.39, 0.29) is 5.69 Å². The second kappa shape index (κ2) is 8.06. The van der Waals surface area contributed by atoms with Crippen molar-refractivity contribution >= 4 is 38.9 Å². The number of benzene rings is 2. The van der Waals surface area contributed by atoms with E-state index in [0.717, 1.165) is 5.56 Å². The third-order valence-corrected chi connectivity index (χ3v) is 5.51. The molecule has 2 aromatic carbocycles. The zero-order valence-electron chi connectivity index (χ0n) is 14.8. The number of ether oxygens (including phenoxy) is 2. The molecule has 5 nitrogen and oxygen atoms in total. The number of aryl methyl sites for hydroxylation is 1. The summed E-state index contributed by atoms with van der Waals surface area (Å²) in [4.78, 5) is 17.5. The van der Waals surface area contributed by atoms with Crippen molar-refractivity contribution in [1.29, 1.82) is 0 Å². The number of hydrogen-bond acceptors (Lipinski definition) is 5. The quantitative estimate of drug-likeness (QED) is 0.573. The van der Waals surface area contributed by atoms with E-state index in [4.69, 9.17) is 9.47 Å². The third-order valence-electron chi connectivity index (χ3n) is 3.81. The predicted octanol–water partition coefficient (Wildman–Crippen LogP) is 5.29. The van der Waals surface area contributed by atoms with Crippen molar-refractivity contribution in [2.24, 2.45) is 0 Å². The molecule has 1 N–H and O–H groups in total. The van der Waals surface area contributed by atoms with Gasteiger partial charge >= 0.3 is 0 Å². The van der Waals surface area contributed by atoms with Gasteiger partial charge in [0.25, 0.3) is 5.91 Å². The topological polar surface area (TPSA) is 60.5 Å². The van der Waals surface area contributed by atoms with E-state index in [1.807, 2.05) is 6.07 Å². The smallest absolute Gasteiger partial charge is 0.267 e. The molecule has 0 unspecified atom stereocenters. The van der Waals surface area contributed by atoms with Gasteiger partial charge in [0.1, 0.15) is 15.7 Å². The number of hydrogen-bond donors (Lipinski definition) is 1. The second-order valence-electron chi connectivity index (χ2n) is 5.58. The normalized spacial score (nSPS) is 10.6. The molecule has 0 aliphatic carbocycles. The van der Waals surface area contributed by atoms with Crippen LogP contribution in [0.5, 0.6) is 11.5 Å². The van der Waals surface area contributed by atoms with Crippen molar-refractivity contribution in [2.75, 3.05) is 19.5 Å². The summed E-state index contributed by atoms with van der Waals surface area (Å²) in [6, 6.07) is 9.88. The number of carbonyl (C=O) groups excluding carboxylic acids is 1. The van der Waals surface area contributed by atoms with E-state index in [1.54, 1.807) is 39.3 Å². The maximum absolute atomic E-state index is 14.0. The minimum atomic E-state index is -0.514. The van der Waals surface area contributed by atoms with Gasteiger partial charge in [0, 0.05) is 10.0 Å². The summed E-state index contributed by atoms with van der Waals surface area (Å²) in [5.74, 6) is 0.266. The van der Waals surface area contributed by atoms with Crippen molar-refractivity contribution in [2.45, 2.75) is 6.92 Å². The second-order valence-corrected chi connectivity index (χ2v) is 7.50. The molecule has 1 aromatic heterocycles. The summed E-state index contributed by atoms with van der Waals surface area (Å²) in [5.41, 5.74) is 1.48. The standard InChI is InChI=1S/C19H16BrFN2O3S/c1-10-17(18(24)23-14-6-5-12(20)9-13(14)21)27-19(22-10)11-4-7-15(25-2)16(8-11)26-3/h4-9H,1-3H3,(H,23,24). The highest BCUT2D eigenvalue weighted by atomic mass is 79.9. The largest absolute Gasteiger partial charge is 0.493 e. The van der Waals surface area contributed by atoms with Crippen LogP contribution in [-0.4, -0.2) is 25.1 Å². The molecular weight excluding hydrogens is 435 g/mol. The molecule has 8 heteroatoms. The van der Waals surface area contributed by atoms with Crippen LogP contribution < -0.4 is 14.8 Å². The van der Waals surface area contributed by atoms with Crippen LogP contribution in [0.1, 0.15) is 15.4 Å². The highest BCUT2D eigenvalue weighted by molar-refractivity contribution is 9.10. The van der Waals surface area contributed by atoms with Gasteiger partial charge in [-0.15, -0.1) is 11.3 Å². The summed E-state index contributed by atoms with van der Waals surface area (Å²) in [5, 5.41) is 3.25. The molecule has 1 amide bonds. The highest BCUT2D eigenvalue weighted by Crippen LogP contribution is 2.35. The van der Waals surface area contributed by atoms with Crippen LogP contribution >= 0.6 is 27.3 Å². The van der Waals surface area contributed by atoms with Gasteiger partial charge in [0.05, 0.1) is 25.6 Å². The van der Waals surface area contributed by atoms with Crippen LogP contribution in [0.3, 0.4) is 0 Å². The Morgan fingerprint density at radius 2 is 1.89 bits per heavy atom. The van der Waals surface area contributed by atoms with Gasteiger partial charge in [0.15, 0.2) is 11.5 Å². The van der Waals surface area contributed by atoms with Gasteiger partial charge in [-0.25, -0.2) is 9.37 Å². The molecule has 0 saturated carbocycles. The number of methoxy groups -OCH3 is 2. The maximum atomic E-state index is 14.0. The average molecular weight is 451 g/mol. The molecule has 0 spiro atoms. The van der Waals surface area contributed by atoms with Crippen LogP contribution in [0.2, 0.25) is 0 Å². The summed E-state index contributed by atoms with van der Waals surface area (Å²) in [6.45, 7) is 1.74. The van der Waals surface area contributed by atoms with Gasteiger partial charge in [0.2, 0.25) is 0 Å².